The average Bonchev–Trinajstić information content (AvgIpc) is 3.21. The van der Waals surface area contributed by atoms with E-state index in [1.807, 2.05) is 0 Å². The standard InChI is InChI=1S/C25H30N4O6S/c1-16(2)26-25(31)20(27-24(30)17-11-12-22(34-5)23(14-17)35-6)13-18-15-29(36(32,33)28(3)4)21-10-8-7-9-19(18)21/h7-16H,1-6H3,(H,26,31)(H,27,30). The van der Waals surface area contributed by atoms with Crippen LogP contribution in [0.25, 0.3) is 17.0 Å². The Morgan fingerprint density at radius 2 is 1.69 bits per heavy atom. The average molecular weight is 515 g/mol. The van der Waals surface area contributed by atoms with Gasteiger partial charge >= 0.3 is 10.2 Å². The van der Waals surface area contributed by atoms with Crippen LogP contribution in [0.4, 0.5) is 0 Å². The van der Waals surface area contributed by atoms with Gasteiger partial charge in [0.25, 0.3) is 11.8 Å². The SMILES string of the molecule is COc1ccc(C(=O)NC(=Cc2cn(S(=O)(=O)N(C)C)c3ccccc23)C(=O)NC(C)C)cc1OC. The van der Waals surface area contributed by atoms with Crippen LogP contribution in [-0.4, -0.2) is 62.9 Å². The maximum Gasteiger partial charge on any atom is 0.307 e. The van der Waals surface area contributed by atoms with E-state index in [2.05, 4.69) is 10.6 Å². The van der Waals surface area contributed by atoms with Gasteiger partial charge in [0.1, 0.15) is 5.70 Å². The third-order valence-electron chi connectivity index (χ3n) is 5.28. The van der Waals surface area contributed by atoms with Crippen molar-refractivity contribution in [3.63, 3.8) is 0 Å². The van der Waals surface area contributed by atoms with Crippen LogP contribution in [-0.2, 0) is 15.0 Å². The molecule has 2 N–H and O–H groups in total. The van der Waals surface area contributed by atoms with Crippen molar-refractivity contribution in [2.45, 2.75) is 19.9 Å². The summed E-state index contributed by atoms with van der Waals surface area (Å²) in [6.07, 6.45) is 2.88. The van der Waals surface area contributed by atoms with Gasteiger partial charge in [0.2, 0.25) is 0 Å². The zero-order valence-electron chi connectivity index (χ0n) is 21.0. The minimum Gasteiger partial charge on any atom is -0.493 e. The molecule has 0 fully saturated rings. The van der Waals surface area contributed by atoms with Gasteiger partial charge in [-0.1, -0.05) is 18.2 Å². The van der Waals surface area contributed by atoms with E-state index >= 15 is 0 Å². The summed E-state index contributed by atoms with van der Waals surface area (Å²) in [6.45, 7) is 3.59. The van der Waals surface area contributed by atoms with Gasteiger partial charge < -0.3 is 20.1 Å². The van der Waals surface area contributed by atoms with E-state index in [0.29, 0.717) is 28.0 Å². The van der Waals surface area contributed by atoms with Crippen molar-refractivity contribution in [3.8, 4) is 11.5 Å². The Labute approximate surface area is 210 Å². The number of methoxy groups -OCH3 is 2. The quantitative estimate of drug-likeness (QED) is 0.424. The number of rotatable bonds is 9. The highest BCUT2D eigenvalue weighted by molar-refractivity contribution is 7.87. The number of amides is 2. The molecule has 0 radical (unpaired) electrons. The minimum absolute atomic E-state index is 0.0476. The second-order valence-electron chi connectivity index (χ2n) is 8.40. The third kappa shape index (κ3) is 5.52. The second kappa shape index (κ2) is 10.8. The van der Waals surface area contributed by atoms with Crippen molar-refractivity contribution in [2.75, 3.05) is 28.3 Å². The molecule has 0 unspecified atom stereocenters. The largest absolute Gasteiger partial charge is 0.493 e. The van der Waals surface area contributed by atoms with Crippen LogP contribution < -0.4 is 20.1 Å². The minimum atomic E-state index is -3.83. The zero-order valence-corrected chi connectivity index (χ0v) is 21.8. The van der Waals surface area contributed by atoms with Gasteiger partial charge in [0, 0.05) is 42.8 Å². The number of aromatic nitrogens is 1. The summed E-state index contributed by atoms with van der Waals surface area (Å²) < 4.78 is 38.5. The number of ether oxygens (including phenoxy) is 2. The zero-order chi connectivity index (χ0) is 26.6. The lowest BCUT2D eigenvalue weighted by molar-refractivity contribution is -0.118. The number of hydrogen-bond donors (Lipinski definition) is 2. The number of hydrogen-bond acceptors (Lipinski definition) is 6. The molecule has 2 aromatic carbocycles. The molecule has 0 bridgehead atoms. The lowest BCUT2D eigenvalue weighted by Crippen LogP contribution is -2.38. The van der Waals surface area contributed by atoms with Crippen molar-refractivity contribution in [1.29, 1.82) is 0 Å². The van der Waals surface area contributed by atoms with E-state index in [0.717, 1.165) is 8.28 Å². The Bertz CT molecular complexity index is 1420. The van der Waals surface area contributed by atoms with Crippen LogP contribution in [0, 0.1) is 0 Å². The molecule has 0 aliphatic carbocycles. The molecule has 0 aliphatic rings. The fourth-order valence-corrected chi connectivity index (χ4v) is 4.49. The van der Waals surface area contributed by atoms with Crippen LogP contribution in [0.1, 0.15) is 29.8 Å². The summed E-state index contributed by atoms with van der Waals surface area (Å²) in [5, 5.41) is 6.02. The molecular weight excluding hydrogens is 484 g/mol. The first kappa shape index (κ1) is 26.8. The van der Waals surface area contributed by atoms with Crippen LogP contribution in [0.2, 0.25) is 0 Å². The molecule has 3 rings (SSSR count). The topological polar surface area (TPSA) is 119 Å². The highest BCUT2D eigenvalue weighted by Gasteiger charge is 2.22. The van der Waals surface area contributed by atoms with Gasteiger partial charge in [-0.05, 0) is 44.2 Å². The van der Waals surface area contributed by atoms with Crippen LogP contribution in [0.15, 0.2) is 54.4 Å². The number of carbonyl (C=O) groups excluding carboxylic acids is 2. The predicted octanol–water partition coefficient (Wildman–Crippen LogP) is 2.61. The molecule has 0 saturated heterocycles. The van der Waals surface area contributed by atoms with Crippen molar-refractivity contribution in [2.24, 2.45) is 0 Å². The fraction of sp³-hybridized carbons (Fsp3) is 0.280. The van der Waals surface area contributed by atoms with E-state index in [9.17, 15) is 18.0 Å². The number of fused-ring (bicyclic) bond motifs is 1. The second-order valence-corrected chi connectivity index (χ2v) is 10.4. The smallest absolute Gasteiger partial charge is 0.307 e. The molecule has 10 nitrogen and oxygen atoms in total. The molecule has 1 aromatic heterocycles. The number of benzene rings is 2. The fourth-order valence-electron chi connectivity index (χ4n) is 3.48. The number of nitrogens with one attached hydrogen (secondary N) is 2. The van der Waals surface area contributed by atoms with E-state index in [1.165, 1.54) is 46.7 Å². The lowest BCUT2D eigenvalue weighted by atomic mass is 10.1. The first-order chi connectivity index (χ1) is 17.0. The van der Waals surface area contributed by atoms with Crippen molar-refractivity contribution >= 4 is 39.0 Å². The van der Waals surface area contributed by atoms with Crippen LogP contribution in [0.3, 0.4) is 0 Å². The molecule has 0 saturated carbocycles. The summed E-state index contributed by atoms with van der Waals surface area (Å²) in [5.41, 5.74) is 1.08. The van der Waals surface area contributed by atoms with Gasteiger partial charge in [-0.2, -0.15) is 12.7 Å². The van der Waals surface area contributed by atoms with Gasteiger partial charge in [0.05, 0.1) is 19.7 Å². The Morgan fingerprint density at radius 1 is 1.03 bits per heavy atom. The Hall–Kier alpha value is -3.83. The third-order valence-corrected chi connectivity index (χ3v) is 7.00. The van der Waals surface area contributed by atoms with Crippen molar-refractivity contribution in [1.82, 2.24) is 18.9 Å². The Balaban J connectivity index is 2.11. The highest BCUT2D eigenvalue weighted by atomic mass is 32.2. The first-order valence-electron chi connectivity index (χ1n) is 11.1. The first-order valence-corrected chi connectivity index (χ1v) is 12.5. The summed E-state index contributed by atoms with van der Waals surface area (Å²) in [7, 11) is 1.98. The van der Waals surface area contributed by atoms with Gasteiger partial charge in [-0.25, -0.2) is 3.97 Å². The molecule has 192 valence electrons. The van der Waals surface area contributed by atoms with Crippen molar-refractivity contribution < 1.29 is 27.5 Å². The molecule has 0 aliphatic heterocycles. The van der Waals surface area contributed by atoms with E-state index in [1.54, 1.807) is 50.2 Å². The summed E-state index contributed by atoms with van der Waals surface area (Å²) in [6, 6.07) is 11.3. The monoisotopic (exact) mass is 514 g/mol. The summed E-state index contributed by atoms with van der Waals surface area (Å²) >= 11 is 0. The number of para-hydroxylation sites is 1. The van der Waals surface area contributed by atoms with Gasteiger partial charge in [0.15, 0.2) is 11.5 Å². The number of nitrogens with zero attached hydrogens (tertiary/aromatic N) is 2. The molecule has 1 heterocycles. The molecular formula is C25H30N4O6S. The molecule has 36 heavy (non-hydrogen) atoms. The van der Waals surface area contributed by atoms with Gasteiger partial charge in [-0.3, -0.25) is 9.59 Å². The van der Waals surface area contributed by atoms with Crippen LogP contribution >= 0.6 is 0 Å². The van der Waals surface area contributed by atoms with Crippen molar-refractivity contribution in [3.05, 3.63) is 65.5 Å². The highest BCUT2D eigenvalue weighted by Crippen LogP contribution is 2.28. The molecule has 0 spiro atoms. The summed E-state index contributed by atoms with van der Waals surface area (Å²) in [4.78, 5) is 26.1. The maximum absolute atomic E-state index is 13.1. The normalized spacial score (nSPS) is 12.2. The molecule has 0 atom stereocenters. The van der Waals surface area contributed by atoms with E-state index < -0.39 is 22.0 Å². The van der Waals surface area contributed by atoms with E-state index in [-0.39, 0.29) is 17.3 Å². The lowest BCUT2D eigenvalue weighted by Gasteiger charge is -2.14. The van der Waals surface area contributed by atoms with Gasteiger partial charge in [-0.15, -0.1) is 0 Å². The van der Waals surface area contributed by atoms with Crippen LogP contribution in [0.5, 0.6) is 11.5 Å². The van der Waals surface area contributed by atoms with E-state index in [4.69, 9.17) is 9.47 Å². The summed E-state index contributed by atoms with van der Waals surface area (Å²) in [5.74, 6) is -0.256. The number of carbonyl (C=O) groups is 2. The maximum atomic E-state index is 13.1. The Morgan fingerprint density at radius 3 is 2.31 bits per heavy atom. The molecule has 11 heteroatoms. The molecule has 2 amide bonds. The predicted molar refractivity (Wildman–Crippen MR) is 138 cm³/mol. The Kier molecular flexibility index (Phi) is 8.06. The molecule has 3 aromatic rings.